The Balaban J connectivity index is 2.10. The first-order chi connectivity index (χ1) is 13.4. The molecule has 0 atom stereocenters. The Labute approximate surface area is 160 Å². The van der Waals surface area contributed by atoms with Crippen molar-refractivity contribution >= 4 is 29.5 Å². The van der Waals surface area contributed by atoms with Crippen molar-refractivity contribution in [1.29, 1.82) is 0 Å². The van der Waals surface area contributed by atoms with Gasteiger partial charge in [0.2, 0.25) is 5.75 Å². The van der Waals surface area contributed by atoms with Crippen LogP contribution in [0.1, 0.15) is 12.5 Å². The number of esters is 1. The van der Waals surface area contributed by atoms with Crippen molar-refractivity contribution < 1.29 is 24.0 Å². The van der Waals surface area contributed by atoms with Gasteiger partial charge in [-0.2, -0.15) is 5.10 Å². The number of anilines is 1. The van der Waals surface area contributed by atoms with E-state index in [0.29, 0.717) is 0 Å². The van der Waals surface area contributed by atoms with Crippen molar-refractivity contribution in [2.75, 3.05) is 19.0 Å². The lowest BCUT2D eigenvalue weighted by Gasteiger charge is -2.09. The van der Waals surface area contributed by atoms with E-state index in [0.717, 1.165) is 11.9 Å². The number of amides is 1. The third-order valence-electron chi connectivity index (χ3n) is 3.39. The Morgan fingerprint density at radius 1 is 1.21 bits per heavy atom. The van der Waals surface area contributed by atoms with Gasteiger partial charge >= 0.3 is 11.7 Å². The quantitative estimate of drug-likeness (QED) is 0.233. The van der Waals surface area contributed by atoms with Gasteiger partial charge in [-0.1, -0.05) is 18.2 Å². The van der Waals surface area contributed by atoms with Crippen LogP contribution in [0.15, 0.2) is 47.6 Å². The molecule has 0 aliphatic carbocycles. The number of hydrogen-bond donors (Lipinski definition) is 2. The second-order valence-electron chi connectivity index (χ2n) is 5.40. The smallest absolute Gasteiger partial charge is 0.323 e. The molecule has 0 aliphatic heterocycles. The average molecular weight is 386 g/mol. The van der Waals surface area contributed by atoms with Crippen LogP contribution in [0.3, 0.4) is 0 Å². The number of nitrogens with one attached hydrogen (secondary N) is 2. The number of rotatable bonds is 8. The van der Waals surface area contributed by atoms with Gasteiger partial charge < -0.3 is 14.8 Å². The molecule has 146 valence electrons. The molecule has 0 saturated carbocycles. The predicted octanol–water partition coefficient (Wildman–Crippen LogP) is 2.09. The first kappa shape index (κ1) is 20.4. The van der Waals surface area contributed by atoms with Crippen LogP contribution in [-0.2, 0) is 9.59 Å². The van der Waals surface area contributed by atoms with Crippen LogP contribution in [0.5, 0.6) is 11.5 Å². The number of nitro groups is 1. The van der Waals surface area contributed by atoms with Gasteiger partial charge in [0.25, 0.3) is 5.91 Å². The molecule has 0 fully saturated rings. The summed E-state index contributed by atoms with van der Waals surface area (Å²) in [5.74, 6) is -1.39. The maximum absolute atomic E-state index is 11.8. The molecule has 0 spiro atoms. The summed E-state index contributed by atoms with van der Waals surface area (Å²) in [5, 5.41) is 18.1. The minimum Gasteiger partial charge on any atom is -0.488 e. The standard InChI is InChI=1S/C18H18N4O6/c1-12(23)28-15-9-8-13(17(22(25)26)18(15)27-2)10-20-21-16(24)11-19-14-6-4-3-5-7-14/h3-10,19H,11H2,1-2H3,(H,21,24). The van der Waals surface area contributed by atoms with Gasteiger partial charge in [0.1, 0.15) is 0 Å². The number of para-hydroxylation sites is 1. The molecule has 2 N–H and O–H groups in total. The lowest BCUT2D eigenvalue weighted by Crippen LogP contribution is -2.25. The maximum atomic E-state index is 11.8. The fourth-order valence-corrected chi connectivity index (χ4v) is 2.24. The van der Waals surface area contributed by atoms with E-state index in [-0.39, 0.29) is 23.6 Å². The second kappa shape index (κ2) is 9.67. The number of ether oxygens (including phenoxy) is 2. The highest BCUT2D eigenvalue weighted by atomic mass is 16.6. The largest absolute Gasteiger partial charge is 0.488 e. The summed E-state index contributed by atoms with van der Waals surface area (Å²) in [5.41, 5.74) is 2.66. The molecule has 2 aromatic carbocycles. The molecule has 2 aromatic rings. The Morgan fingerprint density at radius 3 is 2.54 bits per heavy atom. The van der Waals surface area contributed by atoms with E-state index in [2.05, 4.69) is 15.8 Å². The van der Waals surface area contributed by atoms with Crippen LogP contribution in [0.25, 0.3) is 0 Å². The normalized spacial score (nSPS) is 10.4. The van der Waals surface area contributed by atoms with E-state index in [1.165, 1.54) is 26.2 Å². The molecule has 0 radical (unpaired) electrons. The molecule has 0 bridgehead atoms. The fraction of sp³-hybridized carbons (Fsp3) is 0.167. The summed E-state index contributed by atoms with van der Waals surface area (Å²) in [6.07, 6.45) is 1.11. The van der Waals surface area contributed by atoms with E-state index in [4.69, 9.17) is 9.47 Å². The zero-order chi connectivity index (χ0) is 20.5. The van der Waals surface area contributed by atoms with Gasteiger partial charge in [0, 0.05) is 12.6 Å². The van der Waals surface area contributed by atoms with Gasteiger partial charge in [-0.15, -0.1) is 0 Å². The Kier molecular flexibility index (Phi) is 7.03. The van der Waals surface area contributed by atoms with Gasteiger partial charge in [-0.3, -0.25) is 19.7 Å². The first-order valence-corrected chi connectivity index (χ1v) is 8.07. The number of hydrogen-bond acceptors (Lipinski definition) is 8. The van der Waals surface area contributed by atoms with Crippen molar-refractivity contribution in [2.45, 2.75) is 6.92 Å². The molecule has 10 heteroatoms. The summed E-state index contributed by atoms with van der Waals surface area (Å²) in [6.45, 7) is 1.14. The lowest BCUT2D eigenvalue weighted by atomic mass is 10.1. The first-order valence-electron chi connectivity index (χ1n) is 8.07. The van der Waals surface area contributed by atoms with Crippen molar-refractivity contribution in [2.24, 2.45) is 5.10 Å². The summed E-state index contributed by atoms with van der Waals surface area (Å²) < 4.78 is 9.92. The molecule has 1 amide bonds. The molecule has 28 heavy (non-hydrogen) atoms. The third kappa shape index (κ3) is 5.53. The number of benzene rings is 2. The third-order valence-corrected chi connectivity index (χ3v) is 3.39. The zero-order valence-electron chi connectivity index (χ0n) is 15.2. The molecule has 0 heterocycles. The van der Waals surface area contributed by atoms with E-state index >= 15 is 0 Å². The Morgan fingerprint density at radius 2 is 1.93 bits per heavy atom. The number of carbonyl (C=O) groups excluding carboxylic acids is 2. The van der Waals surface area contributed by atoms with Crippen LogP contribution < -0.4 is 20.2 Å². The number of nitrogens with zero attached hydrogens (tertiary/aromatic N) is 2. The topological polar surface area (TPSA) is 132 Å². The van der Waals surface area contributed by atoms with Crippen LogP contribution in [-0.4, -0.2) is 36.7 Å². The second-order valence-corrected chi connectivity index (χ2v) is 5.40. The molecular weight excluding hydrogens is 368 g/mol. The van der Waals surface area contributed by atoms with E-state index in [9.17, 15) is 19.7 Å². The van der Waals surface area contributed by atoms with Crippen LogP contribution in [0, 0.1) is 10.1 Å². The number of hydrazone groups is 1. The molecule has 2 rings (SSSR count). The van der Waals surface area contributed by atoms with E-state index < -0.39 is 22.5 Å². The van der Waals surface area contributed by atoms with Crippen molar-refractivity contribution in [3.63, 3.8) is 0 Å². The molecule has 0 unspecified atom stereocenters. The van der Waals surface area contributed by atoms with Gasteiger partial charge in [0.05, 0.1) is 30.4 Å². The van der Waals surface area contributed by atoms with Crippen molar-refractivity contribution in [3.05, 3.63) is 58.1 Å². The summed E-state index contributed by atoms with van der Waals surface area (Å²) in [7, 11) is 1.22. The average Bonchev–Trinajstić information content (AvgIpc) is 2.67. The fourth-order valence-electron chi connectivity index (χ4n) is 2.24. The lowest BCUT2D eigenvalue weighted by molar-refractivity contribution is -0.385. The molecular formula is C18H18N4O6. The number of methoxy groups -OCH3 is 1. The maximum Gasteiger partial charge on any atom is 0.323 e. The summed E-state index contributed by atoms with van der Waals surface area (Å²) in [6, 6.07) is 11.8. The minimum atomic E-state index is -0.689. The number of carbonyl (C=O) groups is 2. The summed E-state index contributed by atoms with van der Waals surface area (Å²) in [4.78, 5) is 33.7. The van der Waals surface area contributed by atoms with Crippen LogP contribution in [0.4, 0.5) is 11.4 Å². The Hall–Kier alpha value is -3.95. The van der Waals surface area contributed by atoms with Gasteiger partial charge in [0.15, 0.2) is 5.75 Å². The van der Waals surface area contributed by atoms with Crippen LogP contribution >= 0.6 is 0 Å². The molecule has 0 aliphatic rings. The van der Waals surface area contributed by atoms with E-state index in [1.807, 2.05) is 18.2 Å². The zero-order valence-corrected chi connectivity index (χ0v) is 15.2. The molecule has 0 aromatic heterocycles. The van der Waals surface area contributed by atoms with Crippen molar-refractivity contribution in [1.82, 2.24) is 5.43 Å². The van der Waals surface area contributed by atoms with Crippen molar-refractivity contribution in [3.8, 4) is 11.5 Å². The van der Waals surface area contributed by atoms with Crippen LogP contribution in [0.2, 0.25) is 0 Å². The predicted molar refractivity (Wildman–Crippen MR) is 102 cm³/mol. The highest BCUT2D eigenvalue weighted by molar-refractivity contribution is 5.90. The highest BCUT2D eigenvalue weighted by Crippen LogP contribution is 2.39. The SMILES string of the molecule is COc1c(OC(C)=O)ccc(C=NNC(=O)CNc2ccccc2)c1[N+](=O)[O-]. The Bertz CT molecular complexity index is 898. The summed E-state index contributed by atoms with van der Waals surface area (Å²) >= 11 is 0. The highest BCUT2D eigenvalue weighted by Gasteiger charge is 2.25. The van der Waals surface area contributed by atoms with Gasteiger partial charge in [-0.05, 0) is 24.3 Å². The number of nitro benzene ring substituents is 1. The minimum absolute atomic E-state index is 0.0296. The molecule has 0 saturated heterocycles. The molecule has 10 nitrogen and oxygen atoms in total. The monoisotopic (exact) mass is 386 g/mol. The van der Waals surface area contributed by atoms with E-state index in [1.54, 1.807) is 12.1 Å². The van der Waals surface area contributed by atoms with Gasteiger partial charge in [-0.25, -0.2) is 5.43 Å².